The number of pyridine rings is 1. The lowest BCUT2D eigenvalue weighted by molar-refractivity contribution is -0.659. The van der Waals surface area contributed by atoms with Crippen molar-refractivity contribution in [2.24, 2.45) is 13.0 Å². The van der Waals surface area contributed by atoms with Crippen LogP contribution in [0, 0.1) is 25.6 Å². The molecule has 5 rings (SSSR count). The van der Waals surface area contributed by atoms with Gasteiger partial charge in [0.05, 0.1) is 5.56 Å². The van der Waals surface area contributed by atoms with Crippen LogP contribution in [0.25, 0.3) is 32.8 Å². The number of nitrogens with zero attached hydrogens (tertiary/aromatic N) is 1. The van der Waals surface area contributed by atoms with Crippen LogP contribution in [0.1, 0.15) is 30.5 Å². The van der Waals surface area contributed by atoms with Crippen molar-refractivity contribution in [3.63, 3.8) is 0 Å². The van der Waals surface area contributed by atoms with Crippen LogP contribution >= 0.6 is 0 Å². The van der Waals surface area contributed by atoms with Crippen LogP contribution in [-0.2, 0) is 13.5 Å². The van der Waals surface area contributed by atoms with Gasteiger partial charge in [0.2, 0.25) is 5.75 Å². The van der Waals surface area contributed by atoms with Crippen LogP contribution in [0.4, 0.5) is 4.39 Å². The van der Waals surface area contributed by atoms with Gasteiger partial charge in [0, 0.05) is 16.2 Å². The fourth-order valence-electron chi connectivity index (χ4n) is 4.67. The largest absolute Gasteiger partial charge is 0.449 e. The Bertz CT molecular complexity index is 1320. The maximum atomic E-state index is 14.1. The molecule has 4 aromatic rings. The summed E-state index contributed by atoms with van der Waals surface area (Å²) in [5.74, 6) is 1.94. The molecule has 2 heterocycles. The van der Waals surface area contributed by atoms with E-state index in [1.165, 1.54) is 33.7 Å². The van der Waals surface area contributed by atoms with E-state index < -0.39 is 0 Å². The van der Waals surface area contributed by atoms with Crippen molar-refractivity contribution in [2.75, 3.05) is 0 Å². The number of hydrogen-bond donors (Lipinski definition) is 0. The Morgan fingerprint density at radius 2 is 1.83 bits per heavy atom. The van der Waals surface area contributed by atoms with E-state index in [1.54, 1.807) is 6.07 Å². The number of hydrogen-bond acceptors (Lipinski definition) is 1. The van der Waals surface area contributed by atoms with Gasteiger partial charge in [-0.25, -0.2) is 4.39 Å². The first kappa shape index (κ1) is 18.1. The molecule has 3 heteroatoms. The molecule has 1 aromatic heterocycles. The third-order valence-electron chi connectivity index (χ3n) is 6.03. The average molecular weight is 386 g/mol. The van der Waals surface area contributed by atoms with Gasteiger partial charge in [-0.1, -0.05) is 26.0 Å². The fraction of sp³-hybridized carbons (Fsp3) is 0.269. The SMILES string of the molecule is Cc1cc2cc(CC(C)C)cc3c2c(c1C)-c1c(c2cc(F)ccc2c[n+]1C)O3. The fourth-order valence-corrected chi connectivity index (χ4v) is 4.67. The second-order valence-electron chi connectivity index (χ2n) is 8.73. The molecule has 3 aromatic carbocycles. The van der Waals surface area contributed by atoms with Gasteiger partial charge in [0.1, 0.15) is 18.6 Å². The average Bonchev–Trinajstić information content (AvgIpc) is 2.65. The topological polar surface area (TPSA) is 13.1 Å². The zero-order valence-electron chi connectivity index (χ0n) is 17.6. The highest BCUT2D eigenvalue weighted by atomic mass is 19.1. The van der Waals surface area contributed by atoms with Crippen molar-refractivity contribution in [3.8, 4) is 22.8 Å². The molecule has 0 radical (unpaired) electrons. The standard InChI is InChI=1S/C26H25FNO/c1-14(2)8-17-10-19-9-15(3)16(4)23-24(19)22(11-17)29-26-21-12-20(27)7-6-18(21)13-28(5)25(23)26/h6-7,9-14H,8H2,1-5H3/q+1. The molecule has 2 nitrogen and oxygen atoms in total. The lowest BCUT2D eigenvalue weighted by Gasteiger charge is -2.24. The lowest BCUT2D eigenvalue weighted by Crippen LogP contribution is -2.32. The van der Waals surface area contributed by atoms with Crippen molar-refractivity contribution in [2.45, 2.75) is 34.1 Å². The van der Waals surface area contributed by atoms with Crippen LogP contribution in [0.5, 0.6) is 11.5 Å². The van der Waals surface area contributed by atoms with E-state index in [4.69, 9.17) is 4.74 Å². The predicted octanol–water partition coefficient (Wildman–Crippen LogP) is 6.54. The van der Waals surface area contributed by atoms with Gasteiger partial charge in [0.15, 0.2) is 6.20 Å². The van der Waals surface area contributed by atoms with Crippen LogP contribution in [0.15, 0.2) is 42.6 Å². The minimum absolute atomic E-state index is 0.248. The Morgan fingerprint density at radius 3 is 2.59 bits per heavy atom. The summed E-state index contributed by atoms with van der Waals surface area (Å²) in [6.45, 7) is 8.79. The van der Waals surface area contributed by atoms with Gasteiger partial charge >= 0.3 is 0 Å². The Labute approximate surface area is 170 Å². The summed E-state index contributed by atoms with van der Waals surface area (Å²) in [6, 6.07) is 11.6. The Morgan fingerprint density at radius 1 is 1.03 bits per heavy atom. The molecule has 0 saturated heterocycles. The Hall–Kier alpha value is -2.94. The third kappa shape index (κ3) is 2.71. The molecule has 1 aliphatic heterocycles. The smallest absolute Gasteiger partial charge is 0.257 e. The van der Waals surface area contributed by atoms with Gasteiger partial charge in [-0.15, -0.1) is 0 Å². The minimum Gasteiger partial charge on any atom is -0.449 e. The van der Waals surface area contributed by atoms with Crippen LogP contribution < -0.4 is 9.30 Å². The molecule has 0 atom stereocenters. The second-order valence-corrected chi connectivity index (χ2v) is 8.73. The van der Waals surface area contributed by atoms with Crippen LogP contribution in [-0.4, -0.2) is 0 Å². The van der Waals surface area contributed by atoms with Crippen molar-refractivity contribution < 1.29 is 13.7 Å². The van der Waals surface area contributed by atoms with Crippen molar-refractivity contribution in [1.29, 1.82) is 0 Å². The third-order valence-corrected chi connectivity index (χ3v) is 6.03. The quantitative estimate of drug-likeness (QED) is 0.314. The summed E-state index contributed by atoms with van der Waals surface area (Å²) in [7, 11) is 2.04. The number of aryl methyl sites for hydroxylation is 2. The number of halogens is 1. The number of aromatic nitrogens is 1. The molecule has 0 bridgehead atoms. The summed E-state index contributed by atoms with van der Waals surface area (Å²) in [6.07, 6.45) is 3.06. The highest BCUT2D eigenvalue weighted by molar-refractivity contribution is 6.07. The molecule has 0 amide bonds. The Kier molecular flexibility index (Phi) is 3.92. The van der Waals surface area contributed by atoms with Gasteiger partial charge in [-0.2, -0.15) is 4.57 Å². The van der Waals surface area contributed by atoms with E-state index in [0.717, 1.165) is 39.8 Å². The maximum absolute atomic E-state index is 14.1. The second kappa shape index (κ2) is 6.28. The number of rotatable bonds is 2. The monoisotopic (exact) mass is 386 g/mol. The summed E-state index contributed by atoms with van der Waals surface area (Å²) >= 11 is 0. The molecule has 0 spiro atoms. The maximum Gasteiger partial charge on any atom is 0.257 e. The molecule has 0 aliphatic carbocycles. The van der Waals surface area contributed by atoms with E-state index >= 15 is 0 Å². The molecular formula is C26H25FNO+. The minimum atomic E-state index is -0.248. The first-order valence-corrected chi connectivity index (χ1v) is 10.2. The van der Waals surface area contributed by atoms with Gasteiger partial charge in [-0.05, 0) is 72.5 Å². The molecule has 0 fully saturated rings. The normalized spacial score (nSPS) is 12.5. The molecular weight excluding hydrogens is 361 g/mol. The molecule has 146 valence electrons. The number of ether oxygens (including phenoxy) is 1. The summed E-state index contributed by atoms with van der Waals surface area (Å²) in [5, 5.41) is 4.14. The first-order chi connectivity index (χ1) is 13.8. The van der Waals surface area contributed by atoms with Crippen molar-refractivity contribution in [1.82, 2.24) is 0 Å². The molecule has 0 saturated carbocycles. The molecule has 29 heavy (non-hydrogen) atoms. The van der Waals surface area contributed by atoms with Gasteiger partial charge in [0.25, 0.3) is 5.69 Å². The van der Waals surface area contributed by atoms with E-state index in [9.17, 15) is 4.39 Å². The highest BCUT2D eigenvalue weighted by Gasteiger charge is 2.32. The zero-order chi connectivity index (χ0) is 20.4. The lowest BCUT2D eigenvalue weighted by atomic mass is 9.88. The predicted molar refractivity (Wildman–Crippen MR) is 116 cm³/mol. The highest BCUT2D eigenvalue weighted by Crippen LogP contribution is 2.50. The Balaban J connectivity index is 1.93. The number of fused-ring (bicyclic) bond motifs is 4. The first-order valence-electron chi connectivity index (χ1n) is 10.2. The molecule has 1 aliphatic rings. The molecule has 0 unspecified atom stereocenters. The molecule has 0 N–H and O–H groups in total. The van der Waals surface area contributed by atoms with Gasteiger partial charge in [-0.3, -0.25) is 0 Å². The van der Waals surface area contributed by atoms with E-state index in [0.29, 0.717) is 5.92 Å². The summed E-state index contributed by atoms with van der Waals surface area (Å²) in [5.41, 5.74) is 5.98. The van der Waals surface area contributed by atoms with Crippen molar-refractivity contribution in [3.05, 3.63) is 65.1 Å². The van der Waals surface area contributed by atoms with E-state index in [1.807, 2.05) is 13.1 Å². The zero-order valence-corrected chi connectivity index (χ0v) is 17.6. The summed E-state index contributed by atoms with van der Waals surface area (Å²) < 4.78 is 22.8. The number of benzene rings is 3. The van der Waals surface area contributed by atoms with Crippen LogP contribution in [0.3, 0.4) is 0 Å². The van der Waals surface area contributed by atoms with Crippen molar-refractivity contribution >= 4 is 21.5 Å². The van der Waals surface area contributed by atoms with Gasteiger partial charge < -0.3 is 4.74 Å². The van der Waals surface area contributed by atoms with E-state index in [-0.39, 0.29) is 5.82 Å². The van der Waals surface area contributed by atoms with E-state index in [2.05, 4.69) is 56.7 Å². The van der Waals surface area contributed by atoms with Crippen LogP contribution in [0.2, 0.25) is 0 Å². The summed E-state index contributed by atoms with van der Waals surface area (Å²) in [4.78, 5) is 0.